The van der Waals surface area contributed by atoms with E-state index >= 15 is 0 Å². The first kappa shape index (κ1) is 15.0. The van der Waals surface area contributed by atoms with Crippen molar-refractivity contribution in [2.24, 2.45) is 0 Å². The van der Waals surface area contributed by atoms with Crippen molar-refractivity contribution in [2.45, 2.75) is 52.4 Å². The van der Waals surface area contributed by atoms with Gasteiger partial charge in [0.1, 0.15) is 5.75 Å². The molecule has 0 saturated heterocycles. The third kappa shape index (κ3) is 3.05. The van der Waals surface area contributed by atoms with Crippen LogP contribution in [0.25, 0.3) is 0 Å². The predicted octanol–water partition coefficient (Wildman–Crippen LogP) is 4.50. The summed E-state index contributed by atoms with van der Waals surface area (Å²) in [7, 11) is 0. The lowest BCUT2D eigenvalue weighted by Gasteiger charge is -2.26. The first-order chi connectivity index (χ1) is 8.32. The zero-order valence-electron chi connectivity index (χ0n) is 11.5. The lowest BCUT2D eigenvalue weighted by atomic mass is 9.81. The zero-order chi connectivity index (χ0) is 13.9. The average molecular weight is 269 g/mol. The molecule has 0 bridgehead atoms. The first-order valence-electron chi connectivity index (χ1n) is 6.32. The fourth-order valence-electron chi connectivity index (χ4n) is 2.21. The molecule has 0 radical (unpaired) electrons. The summed E-state index contributed by atoms with van der Waals surface area (Å²) in [5.74, 6) is 0.0905. The summed E-state index contributed by atoms with van der Waals surface area (Å²) in [5.41, 5.74) is 1.89. The third-order valence-corrected chi connectivity index (χ3v) is 3.34. The Morgan fingerprint density at radius 2 is 2.00 bits per heavy atom. The van der Waals surface area contributed by atoms with Crippen LogP contribution in [0.5, 0.6) is 5.75 Å². The van der Waals surface area contributed by atoms with Crippen molar-refractivity contribution in [1.29, 1.82) is 0 Å². The van der Waals surface area contributed by atoms with Crippen LogP contribution in [0.2, 0.25) is 5.02 Å². The Balaban J connectivity index is 3.48. The molecule has 0 spiro atoms. The molecule has 0 unspecified atom stereocenters. The van der Waals surface area contributed by atoms with E-state index in [0.29, 0.717) is 11.3 Å². The maximum atomic E-state index is 10.9. The van der Waals surface area contributed by atoms with Gasteiger partial charge in [-0.15, -0.1) is 0 Å². The molecule has 1 aromatic rings. The molecule has 0 atom stereocenters. The summed E-state index contributed by atoms with van der Waals surface area (Å²) < 4.78 is 0. The highest BCUT2D eigenvalue weighted by Gasteiger charge is 2.25. The highest BCUT2D eigenvalue weighted by Crippen LogP contribution is 2.39. The van der Waals surface area contributed by atoms with Crippen molar-refractivity contribution in [2.75, 3.05) is 0 Å². The summed E-state index contributed by atoms with van der Waals surface area (Å²) in [4.78, 5) is 10.9. The van der Waals surface area contributed by atoms with Gasteiger partial charge in [-0.3, -0.25) is 4.79 Å². The van der Waals surface area contributed by atoms with Crippen LogP contribution in [-0.4, -0.2) is 11.4 Å². The molecule has 2 nitrogen and oxygen atoms in total. The van der Waals surface area contributed by atoms with E-state index in [9.17, 15) is 9.90 Å². The van der Waals surface area contributed by atoms with Crippen LogP contribution in [0.15, 0.2) is 6.07 Å². The number of hydrogen-bond acceptors (Lipinski definition) is 2. The number of hydrogen-bond donors (Lipinski definition) is 1. The van der Waals surface area contributed by atoms with E-state index in [4.69, 9.17) is 11.6 Å². The number of carbonyl (C=O) groups excluding carboxylic acids is 1. The number of unbranched alkanes of at least 4 members (excludes halogenated alkanes) is 1. The zero-order valence-corrected chi connectivity index (χ0v) is 12.3. The molecule has 18 heavy (non-hydrogen) atoms. The van der Waals surface area contributed by atoms with E-state index in [2.05, 4.69) is 27.7 Å². The maximum Gasteiger partial charge on any atom is 0.153 e. The van der Waals surface area contributed by atoms with Gasteiger partial charge in [0.05, 0.1) is 5.56 Å². The van der Waals surface area contributed by atoms with Crippen molar-refractivity contribution < 1.29 is 9.90 Å². The third-order valence-electron chi connectivity index (χ3n) is 3.04. The van der Waals surface area contributed by atoms with Crippen molar-refractivity contribution in [1.82, 2.24) is 0 Å². The number of rotatable bonds is 4. The van der Waals surface area contributed by atoms with Gasteiger partial charge in [-0.25, -0.2) is 0 Å². The van der Waals surface area contributed by atoms with E-state index in [0.717, 1.165) is 30.4 Å². The minimum absolute atomic E-state index is 0.0905. The van der Waals surface area contributed by atoms with Crippen LogP contribution >= 0.6 is 11.6 Å². The number of aromatic hydroxyl groups is 1. The molecule has 1 N–H and O–H groups in total. The molecule has 1 aromatic carbocycles. The van der Waals surface area contributed by atoms with Crippen LogP contribution < -0.4 is 0 Å². The Morgan fingerprint density at radius 3 is 2.44 bits per heavy atom. The lowest BCUT2D eigenvalue weighted by molar-refractivity contribution is 0.112. The monoisotopic (exact) mass is 268 g/mol. The Morgan fingerprint density at radius 1 is 1.39 bits per heavy atom. The van der Waals surface area contributed by atoms with Crippen LogP contribution in [0.4, 0.5) is 0 Å². The molecule has 100 valence electrons. The molecule has 0 saturated carbocycles. The van der Waals surface area contributed by atoms with Gasteiger partial charge in [0, 0.05) is 5.02 Å². The molecule has 0 amide bonds. The van der Waals surface area contributed by atoms with E-state index < -0.39 is 0 Å². The van der Waals surface area contributed by atoms with Crippen LogP contribution in [0.3, 0.4) is 0 Å². The normalized spacial score (nSPS) is 11.6. The van der Waals surface area contributed by atoms with Gasteiger partial charge in [-0.1, -0.05) is 45.7 Å². The summed E-state index contributed by atoms with van der Waals surface area (Å²) in [6.45, 7) is 8.27. The number of carbonyl (C=O) groups is 1. The minimum atomic E-state index is -0.154. The fourth-order valence-corrected chi connectivity index (χ4v) is 2.73. The van der Waals surface area contributed by atoms with E-state index in [1.54, 1.807) is 6.07 Å². The summed E-state index contributed by atoms with van der Waals surface area (Å²) >= 11 is 6.28. The van der Waals surface area contributed by atoms with Crippen molar-refractivity contribution in [3.05, 3.63) is 27.8 Å². The molecule has 3 heteroatoms. The van der Waals surface area contributed by atoms with Crippen molar-refractivity contribution >= 4 is 17.9 Å². The molecule has 0 aliphatic heterocycles. The van der Waals surface area contributed by atoms with Gasteiger partial charge in [-0.05, 0) is 35.4 Å². The van der Waals surface area contributed by atoms with E-state index in [1.807, 2.05) is 0 Å². The number of benzene rings is 1. The molecule has 0 aromatic heterocycles. The number of aldehydes is 1. The van der Waals surface area contributed by atoms with Gasteiger partial charge < -0.3 is 5.11 Å². The SMILES string of the molecule is CCCCc1c(O)c(C=O)cc(Cl)c1C(C)(C)C. The topological polar surface area (TPSA) is 37.3 Å². The second kappa shape index (κ2) is 5.75. The molecular weight excluding hydrogens is 248 g/mol. The second-order valence-electron chi connectivity index (χ2n) is 5.62. The summed E-state index contributed by atoms with van der Waals surface area (Å²) in [5, 5.41) is 10.8. The number of halogens is 1. The van der Waals surface area contributed by atoms with Gasteiger partial charge in [-0.2, -0.15) is 0 Å². The van der Waals surface area contributed by atoms with E-state index in [1.165, 1.54) is 0 Å². The first-order valence-corrected chi connectivity index (χ1v) is 6.70. The maximum absolute atomic E-state index is 10.9. The number of phenols is 1. The second-order valence-corrected chi connectivity index (χ2v) is 6.03. The van der Waals surface area contributed by atoms with E-state index in [-0.39, 0.29) is 16.7 Å². The van der Waals surface area contributed by atoms with Gasteiger partial charge in [0.25, 0.3) is 0 Å². The largest absolute Gasteiger partial charge is 0.507 e. The molecule has 0 fully saturated rings. The molecule has 0 heterocycles. The quantitative estimate of drug-likeness (QED) is 0.817. The summed E-state index contributed by atoms with van der Waals surface area (Å²) in [6.07, 6.45) is 3.40. The van der Waals surface area contributed by atoms with Crippen molar-refractivity contribution in [3.8, 4) is 5.75 Å². The highest BCUT2D eigenvalue weighted by atomic mass is 35.5. The molecule has 1 rings (SSSR count). The lowest BCUT2D eigenvalue weighted by Crippen LogP contribution is -2.16. The average Bonchev–Trinajstić information content (AvgIpc) is 2.27. The number of phenolic OH excluding ortho intramolecular Hbond substituents is 1. The van der Waals surface area contributed by atoms with Crippen LogP contribution in [0.1, 0.15) is 62.0 Å². The van der Waals surface area contributed by atoms with Gasteiger partial charge in [0.15, 0.2) is 6.29 Å². The van der Waals surface area contributed by atoms with Crippen molar-refractivity contribution in [3.63, 3.8) is 0 Å². The minimum Gasteiger partial charge on any atom is -0.507 e. The Hall–Kier alpha value is -1.02. The molecule has 0 aliphatic rings. The molecule has 0 aliphatic carbocycles. The predicted molar refractivity (Wildman–Crippen MR) is 75.8 cm³/mol. The van der Waals surface area contributed by atoms with Gasteiger partial charge >= 0.3 is 0 Å². The smallest absolute Gasteiger partial charge is 0.153 e. The Kier molecular flexibility index (Phi) is 4.80. The Bertz CT molecular complexity index is 445. The van der Waals surface area contributed by atoms with Crippen LogP contribution in [-0.2, 0) is 11.8 Å². The standard InChI is InChI=1S/C15H21ClO2/c1-5-6-7-11-13(15(2,3)4)12(16)8-10(9-17)14(11)18/h8-9,18H,5-7H2,1-4H3. The molecular formula is C15H21ClO2. The highest BCUT2D eigenvalue weighted by molar-refractivity contribution is 6.32. The summed E-state index contributed by atoms with van der Waals surface area (Å²) in [6, 6.07) is 1.56. The van der Waals surface area contributed by atoms with Gasteiger partial charge in [0.2, 0.25) is 0 Å². The Labute approximate surface area is 114 Å². The van der Waals surface area contributed by atoms with Crippen LogP contribution in [0, 0.1) is 0 Å². The fraction of sp³-hybridized carbons (Fsp3) is 0.533.